The van der Waals surface area contributed by atoms with Crippen molar-refractivity contribution in [1.82, 2.24) is 0 Å². The fourth-order valence-corrected chi connectivity index (χ4v) is 1.39. The fourth-order valence-electron chi connectivity index (χ4n) is 0.684. The van der Waals surface area contributed by atoms with Crippen LogP contribution in [0.15, 0.2) is 21.1 Å². The van der Waals surface area contributed by atoms with Gasteiger partial charge in [-0.25, -0.2) is 0 Å². The van der Waals surface area contributed by atoms with Gasteiger partial charge in [0.25, 0.3) is 0 Å². The van der Waals surface area contributed by atoms with Crippen molar-refractivity contribution < 1.29 is 4.79 Å². The van der Waals surface area contributed by atoms with Crippen LogP contribution >= 0.6 is 31.9 Å². The highest BCUT2D eigenvalue weighted by Crippen LogP contribution is 2.30. The number of anilines is 1. The number of hydrogen-bond donors (Lipinski definition) is 1. The zero-order chi connectivity index (χ0) is 8.43. The minimum Gasteiger partial charge on any atom is -0.397 e. The average molecular weight is 279 g/mol. The van der Waals surface area contributed by atoms with Crippen LogP contribution in [-0.2, 0) is 0 Å². The van der Waals surface area contributed by atoms with Crippen LogP contribution in [0.25, 0.3) is 0 Å². The van der Waals surface area contributed by atoms with Crippen LogP contribution in [0, 0.1) is 0 Å². The van der Waals surface area contributed by atoms with Gasteiger partial charge in [-0.2, -0.15) is 0 Å². The van der Waals surface area contributed by atoms with Crippen LogP contribution in [0.3, 0.4) is 0 Å². The molecule has 4 heteroatoms. The highest BCUT2D eigenvalue weighted by atomic mass is 79.9. The summed E-state index contributed by atoms with van der Waals surface area (Å²) in [6.07, 6.45) is 0.729. The molecule has 2 N–H and O–H groups in total. The van der Waals surface area contributed by atoms with E-state index in [9.17, 15) is 4.79 Å². The molecule has 0 atom stereocenters. The molecule has 0 heterocycles. The third-order valence-electron chi connectivity index (χ3n) is 1.29. The van der Waals surface area contributed by atoms with E-state index in [1.807, 2.05) is 0 Å². The molecule has 0 amide bonds. The zero-order valence-corrected chi connectivity index (χ0v) is 8.65. The second-order valence-corrected chi connectivity index (χ2v) is 3.63. The molecule has 0 bridgehead atoms. The van der Waals surface area contributed by atoms with Crippen LogP contribution in [0.2, 0.25) is 0 Å². The Balaban J connectivity index is 3.36. The van der Waals surface area contributed by atoms with Gasteiger partial charge in [-0.15, -0.1) is 0 Å². The second-order valence-electron chi connectivity index (χ2n) is 1.98. The number of rotatable bonds is 1. The molecular formula is C7H5Br2NO. The van der Waals surface area contributed by atoms with Crippen molar-refractivity contribution in [2.45, 2.75) is 0 Å². The van der Waals surface area contributed by atoms with E-state index in [2.05, 4.69) is 31.9 Å². The summed E-state index contributed by atoms with van der Waals surface area (Å²) < 4.78 is 1.57. The molecule has 0 aliphatic rings. The predicted octanol–water partition coefficient (Wildman–Crippen LogP) is 2.61. The Hall–Kier alpha value is -0.350. The van der Waals surface area contributed by atoms with Crippen molar-refractivity contribution >= 4 is 43.8 Å². The van der Waals surface area contributed by atoms with Crippen LogP contribution < -0.4 is 5.73 Å². The molecule has 2 nitrogen and oxygen atoms in total. The summed E-state index contributed by atoms with van der Waals surface area (Å²) in [4.78, 5) is 10.4. The first-order valence-corrected chi connectivity index (χ1v) is 4.44. The van der Waals surface area contributed by atoms with Gasteiger partial charge in [0, 0.05) is 10.0 Å². The average Bonchev–Trinajstić information content (AvgIpc) is 2.01. The molecular weight excluding hydrogens is 274 g/mol. The molecule has 0 aliphatic heterocycles. The predicted molar refractivity (Wildman–Crippen MR) is 51.6 cm³/mol. The molecule has 0 aliphatic carbocycles. The van der Waals surface area contributed by atoms with Crippen LogP contribution in [0.1, 0.15) is 10.4 Å². The van der Waals surface area contributed by atoms with Gasteiger partial charge in [-0.3, -0.25) is 4.79 Å². The molecule has 0 saturated carbocycles. The summed E-state index contributed by atoms with van der Waals surface area (Å²) in [5, 5.41) is 0. The number of carbonyl (C=O) groups excluding carboxylic acids is 1. The standard InChI is InChI=1S/C7H5Br2NO/c8-5-2-1-4(3-11)7(10)6(5)9/h1-3H,10H2. The maximum atomic E-state index is 10.4. The van der Waals surface area contributed by atoms with E-state index < -0.39 is 0 Å². The molecule has 1 aromatic rings. The van der Waals surface area contributed by atoms with Crippen molar-refractivity contribution in [2.75, 3.05) is 5.73 Å². The highest BCUT2D eigenvalue weighted by Gasteiger charge is 2.04. The van der Waals surface area contributed by atoms with E-state index in [0.717, 1.165) is 15.2 Å². The maximum absolute atomic E-state index is 10.4. The first kappa shape index (κ1) is 8.74. The molecule has 0 spiro atoms. The summed E-state index contributed by atoms with van der Waals surface area (Å²) in [7, 11) is 0. The van der Waals surface area contributed by atoms with Gasteiger partial charge in [0.15, 0.2) is 6.29 Å². The zero-order valence-electron chi connectivity index (χ0n) is 5.47. The van der Waals surface area contributed by atoms with E-state index in [1.165, 1.54) is 0 Å². The van der Waals surface area contributed by atoms with Crippen molar-refractivity contribution in [1.29, 1.82) is 0 Å². The summed E-state index contributed by atoms with van der Waals surface area (Å²) >= 11 is 6.51. The van der Waals surface area contributed by atoms with Crippen LogP contribution in [0.5, 0.6) is 0 Å². The molecule has 0 aromatic heterocycles. The smallest absolute Gasteiger partial charge is 0.152 e. The number of nitrogen functional groups attached to an aromatic ring is 1. The fraction of sp³-hybridized carbons (Fsp3) is 0. The molecule has 1 rings (SSSR count). The normalized spacial score (nSPS) is 9.64. The lowest BCUT2D eigenvalue weighted by molar-refractivity contribution is 0.112. The number of halogens is 2. The summed E-state index contributed by atoms with van der Waals surface area (Å²) in [6.45, 7) is 0. The van der Waals surface area contributed by atoms with Crippen molar-refractivity contribution in [2.24, 2.45) is 0 Å². The monoisotopic (exact) mass is 277 g/mol. The van der Waals surface area contributed by atoms with Crippen LogP contribution in [0.4, 0.5) is 5.69 Å². The van der Waals surface area contributed by atoms with Gasteiger partial charge in [-0.05, 0) is 44.0 Å². The van der Waals surface area contributed by atoms with E-state index in [-0.39, 0.29) is 0 Å². The Bertz CT molecular complexity index is 299. The van der Waals surface area contributed by atoms with Gasteiger partial charge in [0.1, 0.15) is 0 Å². The molecule has 0 fully saturated rings. The lowest BCUT2D eigenvalue weighted by atomic mass is 10.2. The Morgan fingerprint density at radius 3 is 2.55 bits per heavy atom. The summed E-state index contributed by atoms with van der Waals surface area (Å²) in [6, 6.07) is 3.43. The first-order valence-electron chi connectivity index (χ1n) is 2.85. The number of hydrogen-bond acceptors (Lipinski definition) is 2. The van der Waals surface area contributed by atoms with E-state index in [1.54, 1.807) is 12.1 Å². The second kappa shape index (κ2) is 3.36. The van der Waals surface area contributed by atoms with E-state index in [4.69, 9.17) is 5.73 Å². The van der Waals surface area contributed by atoms with Gasteiger partial charge >= 0.3 is 0 Å². The minimum atomic E-state index is 0.467. The van der Waals surface area contributed by atoms with Gasteiger partial charge in [-0.1, -0.05) is 0 Å². The molecule has 11 heavy (non-hydrogen) atoms. The van der Waals surface area contributed by atoms with Gasteiger partial charge in [0.05, 0.1) is 10.2 Å². The van der Waals surface area contributed by atoms with Crippen LogP contribution in [-0.4, -0.2) is 6.29 Å². The highest BCUT2D eigenvalue weighted by molar-refractivity contribution is 9.13. The number of nitrogens with two attached hydrogens (primary N) is 1. The third kappa shape index (κ3) is 1.62. The Labute approximate surface area is 81.0 Å². The van der Waals surface area contributed by atoms with E-state index >= 15 is 0 Å². The Morgan fingerprint density at radius 2 is 2.00 bits per heavy atom. The van der Waals surface area contributed by atoms with Crippen molar-refractivity contribution in [3.63, 3.8) is 0 Å². The number of carbonyl (C=O) groups is 1. The third-order valence-corrected chi connectivity index (χ3v) is 3.34. The molecule has 58 valence electrons. The maximum Gasteiger partial charge on any atom is 0.152 e. The lowest BCUT2D eigenvalue weighted by Gasteiger charge is -2.02. The van der Waals surface area contributed by atoms with E-state index in [0.29, 0.717) is 11.3 Å². The minimum absolute atomic E-state index is 0.467. The molecule has 1 aromatic carbocycles. The van der Waals surface area contributed by atoms with Gasteiger partial charge in [0.2, 0.25) is 0 Å². The number of benzene rings is 1. The Kier molecular flexibility index (Phi) is 2.67. The van der Waals surface area contributed by atoms with Gasteiger partial charge < -0.3 is 5.73 Å². The largest absolute Gasteiger partial charge is 0.397 e. The molecule has 0 radical (unpaired) electrons. The molecule has 0 unspecified atom stereocenters. The SMILES string of the molecule is Nc1c(C=O)ccc(Br)c1Br. The Morgan fingerprint density at radius 1 is 1.36 bits per heavy atom. The molecule has 0 saturated heterocycles. The first-order chi connectivity index (χ1) is 5.16. The summed E-state index contributed by atoms with van der Waals surface area (Å²) in [5.74, 6) is 0. The number of aldehydes is 1. The topological polar surface area (TPSA) is 43.1 Å². The quantitative estimate of drug-likeness (QED) is 0.634. The van der Waals surface area contributed by atoms with Crippen molar-refractivity contribution in [3.8, 4) is 0 Å². The lowest BCUT2D eigenvalue weighted by Crippen LogP contribution is -1.93. The summed E-state index contributed by atoms with van der Waals surface area (Å²) in [5.41, 5.74) is 6.55. The van der Waals surface area contributed by atoms with Crippen molar-refractivity contribution in [3.05, 3.63) is 26.6 Å².